The van der Waals surface area contributed by atoms with Crippen LogP contribution in [-0.2, 0) is 13.1 Å². The summed E-state index contributed by atoms with van der Waals surface area (Å²) >= 11 is 0. The first-order chi connectivity index (χ1) is 12.9. The molecule has 0 bridgehead atoms. The van der Waals surface area contributed by atoms with E-state index in [1.807, 2.05) is 0 Å². The van der Waals surface area contributed by atoms with Gasteiger partial charge in [-0.05, 0) is 49.7 Å². The lowest BCUT2D eigenvalue weighted by atomic mass is 10.1. The van der Waals surface area contributed by atoms with E-state index in [0.717, 1.165) is 19.0 Å². The number of oxazole rings is 1. The molecule has 1 aliphatic carbocycles. The molecular weight excluding hydrogens is 338 g/mol. The quantitative estimate of drug-likeness (QED) is 0.723. The summed E-state index contributed by atoms with van der Waals surface area (Å²) in [7, 11) is 0. The highest BCUT2D eigenvalue weighted by Gasteiger charge is 2.25. The molecule has 2 aromatic rings. The van der Waals surface area contributed by atoms with Crippen molar-refractivity contribution in [3.8, 4) is 0 Å². The molecule has 27 heavy (non-hydrogen) atoms. The van der Waals surface area contributed by atoms with Crippen LogP contribution < -0.4 is 5.32 Å². The third-order valence-electron chi connectivity index (χ3n) is 4.93. The molecule has 1 aromatic carbocycles. The number of rotatable bonds is 9. The predicted molar refractivity (Wildman–Crippen MR) is 106 cm³/mol. The van der Waals surface area contributed by atoms with Gasteiger partial charge < -0.3 is 9.73 Å². The van der Waals surface area contributed by atoms with Crippen molar-refractivity contribution in [2.24, 2.45) is 11.8 Å². The average molecular weight is 370 g/mol. The van der Waals surface area contributed by atoms with E-state index in [4.69, 9.17) is 4.42 Å². The van der Waals surface area contributed by atoms with Crippen molar-refractivity contribution in [1.82, 2.24) is 15.2 Å². The zero-order valence-corrected chi connectivity index (χ0v) is 16.9. The van der Waals surface area contributed by atoms with Crippen LogP contribution in [0.25, 0.3) is 0 Å². The van der Waals surface area contributed by atoms with E-state index in [0.29, 0.717) is 30.6 Å². The molecule has 1 amide bonds. The highest BCUT2D eigenvalue weighted by atomic mass is 16.3. The summed E-state index contributed by atoms with van der Waals surface area (Å²) in [5, 5.41) is 2.89. The first-order valence-electron chi connectivity index (χ1n) is 9.91. The molecule has 0 unspecified atom stereocenters. The first-order valence-corrected chi connectivity index (χ1v) is 9.91. The van der Waals surface area contributed by atoms with Gasteiger partial charge in [0.1, 0.15) is 6.26 Å². The zero-order chi connectivity index (χ0) is 19.4. The summed E-state index contributed by atoms with van der Waals surface area (Å²) < 4.78 is 5.60. The monoisotopic (exact) mass is 369 g/mol. The Bertz CT molecular complexity index is 778. The van der Waals surface area contributed by atoms with Crippen LogP contribution >= 0.6 is 0 Å². The fraction of sp³-hybridized carbons (Fsp3) is 0.545. The summed E-state index contributed by atoms with van der Waals surface area (Å²) in [6.45, 7) is 11.6. The van der Waals surface area contributed by atoms with Crippen LogP contribution in [0.4, 0.5) is 0 Å². The van der Waals surface area contributed by atoms with Gasteiger partial charge in [0.15, 0.2) is 5.69 Å². The molecule has 5 nitrogen and oxygen atoms in total. The van der Waals surface area contributed by atoms with Crippen molar-refractivity contribution >= 4 is 5.91 Å². The number of aryl methyl sites for hydroxylation is 2. The van der Waals surface area contributed by atoms with Gasteiger partial charge >= 0.3 is 0 Å². The topological polar surface area (TPSA) is 58.4 Å². The molecule has 3 rings (SSSR count). The number of aromatic nitrogens is 1. The summed E-state index contributed by atoms with van der Waals surface area (Å²) in [6.07, 6.45) is 4.08. The van der Waals surface area contributed by atoms with Gasteiger partial charge in [0.25, 0.3) is 5.91 Å². The van der Waals surface area contributed by atoms with Crippen LogP contribution in [0.5, 0.6) is 0 Å². The van der Waals surface area contributed by atoms with Gasteiger partial charge in [-0.3, -0.25) is 9.69 Å². The van der Waals surface area contributed by atoms with Crippen molar-refractivity contribution in [3.05, 3.63) is 52.7 Å². The van der Waals surface area contributed by atoms with E-state index in [2.05, 4.69) is 61.1 Å². The minimum atomic E-state index is -0.165. The van der Waals surface area contributed by atoms with Gasteiger partial charge in [0, 0.05) is 19.6 Å². The Morgan fingerprint density at radius 1 is 1.30 bits per heavy atom. The fourth-order valence-electron chi connectivity index (χ4n) is 3.13. The molecule has 1 aliphatic rings. The number of benzene rings is 1. The minimum absolute atomic E-state index is 0.165. The second-order valence-electron chi connectivity index (χ2n) is 8.27. The Balaban J connectivity index is 1.66. The third kappa shape index (κ3) is 5.93. The predicted octanol–water partition coefficient (Wildman–Crippen LogP) is 4.09. The van der Waals surface area contributed by atoms with Crippen LogP contribution in [0, 0.1) is 25.7 Å². The molecule has 5 heteroatoms. The standard InChI is InChI=1S/C22H31N3O2/c1-15(2)10-23-22(26)20-14-27-21(24-20)13-25(11-18-7-8-18)12-19-9-16(3)5-6-17(19)4/h5-6,9,14-15,18H,7-8,10-13H2,1-4H3,(H,23,26). The second-order valence-corrected chi connectivity index (χ2v) is 8.27. The van der Waals surface area contributed by atoms with E-state index < -0.39 is 0 Å². The molecule has 1 saturated carbocycles. The summed E-state index contributed by atoms with van der Waals surface area (Å²) in [6, 6.07) is 6.60. The van der Waals surface area contributed by atoms with E-state index in [-0.39, 0.29) is 5.91 Å². The van der Waals surface area contributed by atoms with Crippen molar-refractivity contribution < 1.29 is 9.21 Å². The number of carbonyl (C=O) groups is 1. The number of carbonyl (C=O) groups excluding carboxylic acids is 1. The van der Waals surface area contributed by atoms with Crippen molar-refractivity contribution in [1.29, 1.82) is 0 Å². The lowest BCUT2D eigenvalue weighted by Crippen LogP contribution is -2.28. The highest BCUT2D eigenvalue weighted by molar-refractivity contribution is 5.91. The SMILES string of the molecule is Cc1ccc(C)c(CN(Cc2nc(C(=O)NCC(C)C)co2)CC2CC2)c1. The molecule has 1 N–H and O–H groups in total. The van der Waals surface area contributed by atoms with Gasteiger partial charge in [-0.15, -0.1) is 0 Å². The maximum absolute atomic E-state index is 12.2. The largest absolute Gasteiger partial charge is 0.447 e. The summed E-state index contributed by atoms with van der Waals surface area (Å²) in [5.74, 6) is 1.63. The molecule has 1 heterocycles. The molecule has 0 radical (unpaired) electrons. The lowest BCUT2D eigenvalue weighted by Gasteiger charge is -2.22. The van der Waals surface area contributed by atoms with Crippen LogP contribution in [-0.4, -0.2) is 28.9 Å². The lowest BCUT2D eigenvalue weighted by molar-refractivity contribution is 0.0944. The smallest absolute Gasteiger partial charge is 0.273 e. The van der Waals surface area contributed by atoms with Gasteiger partial charge in [0.2, 0.25) is 5.89 Å². The number of nitrogens with zero attached hydrogens (tertiary/aromatic N) is 2. The molecule has 0 atom stereocenters. The Hall–Kier alpha value is -2.14. The van der Waals surface area contributed by atoms with Gasteiger partial charge in [0.05, 0.1) is 6.54 Å². The van der Waals surface area contributed by atoms with Crippen LogP contribution in [0.1, 0.15) is 59.8 Å². The second kappa shape index (κ2) is 8.70. The molecule has 0 spiro atoms. The van der Waals surface area contributed by atoms with Gasteiger partial charge in [-0.25, -0.2) is 4.98 Å². The van der Waals surface area contributed by atoms with Crippen LogP contribution in [0.2, 0.25) is 0 Å². The zero-order valence-electron chi connectivity index (χ0n) is 16.9. The third-order valence-corrected chi connectivity index (χ3v) is 4.93. The summed E-state index contributed by atoms with van der Waals surface area (Å²) in [5.41, 5.74) is 4.30. The maximum Gasteiger partial charge on any atom is 0.273 e. The summed E-state index contributed by atoms with van der Waals surface area (Å²) in [4.78, 5) is 19.0. The molecule has 146 valence electrons. The number of amides is 1. The number of hydrogen-bond donors (Lipinski definition) is 1. The van der Waals surface area contributed by atoms with Crippen molar-refractivity contribution in [3.63, 3.8) is 0 Å². The van der Waals surface area contributed by atoms with E-state index in [1.165, 1.54) is 35.8 Å². The molecule has 0 aliphatic heterocycles. The fourth-order valence-corrected chi connectivity index (χ4v) is 3.13. The maximum atomic E-state index is 12.2. The van der Waals surface area contributed by atoms with Gasteiger partial charge in [-0.1, -0.05) is 37.6 Å². The average Bonchev–Trinajstić information content (AvgIpc) is 3.31. The highest BCUT2D eigenvalue weighted by Crippen LogP contribution is 2.31. The Kier molecular flexibility index (Phi) is 6.32. The van der Waals surface area contributed by atoms with E-state index >= 15 is 0 Å². The van der Waals surface area contributed by atoms with Crippen LogP contribution in [0.15, 0.2) is 28.9 Å². The Labute approximate surface area is 162 Å². The number of hydrogen-bond acceptors (Lipinski definition) is 4. The minimum Gasteiger partial charge on any atom is -0.447 e. The first kappa shape index (κ1) is 19.6. The van der Waals surface area contributed by atoms with Crippen molar-refractivity contribution in [2.75, 3.05) is 13.1 Å². The molecule has 1 fully saturated rings. The molecular formula is C22H31N3O2. The van der Waals surface area contributed by atoms with E-state index in [9.17, 15) is 4.79 Å². The van der Waals surface area contributed by atoms with Gasteiger partial charge in [-0.2, -0.15) is 0 Å². The Morgan fingerprint density at radius 2 is 2.07 bits per heavy atom. The number of nitrogens with one attached hydrogen (secondary N) is 1. The molecule has 0 saturated heterocycles. The van der Waals surface area contributed by atoms with Crippen LogP contribution in [0.3, 0.4) is 0 Å². The molecule has 1 aromatic heterocycles. The van der Waals surface area contributed by atoms with E-state index in [1.54, 1.807) is 0 Å². The normalized spacial score (nSPS) is 14.1. The van der Waals surface area contributed by atoms with Crippen molar-refractivity contribution in [2.45, 2.75) is 53.6 Å². The Morgan fingerprint density at radius 3 is 2.78 bits per heavy atom.